The monoisotopic (exact) mass is 258 g/mol. The third-order valence-electron chi connectivity index (χ3n) is 3.07. The molecule has 0 bridgehead atoms. The van der Waals surface area contributed by atoms with E-state index in [-0.39, 0.29) is 10.8 Å². The van der Waals surface area contributed by atoms with Crippen LogP contribution in [0.1, 0.15) is 19.8 Å². The minimum absolute atomic E-state index is 0.0291. The molecule has 2 amide bonds. The van der Waals surface area contributed by atoms with Gasteiger partial charge >= 0.3 is 5.97 Å². The molecule has 0 aromatic rings. The highest BCUT2D eigenvalue weighted by Crippen LogP contribution is 2.47. The molecule has 17 heavy (non-hydrogen) atoms. The number of thioether (sulfide) groups is 1. The van der Waals surface area contributed by atoms with Gasteiger partial charge in [0, 0.05) is 12.2 Å². The molecule has 2 fully saturated rings. The van der Waals surface area contributed by atoms with Crippen molar-refractivity contribution in [2.24, 2.45) is 5.73 Å². The van der Waals surface area contributed by atoms with Crippen LogP contribution in [0, 0.1) is 0 Å². The van der Waals surface area contributed by atoms with Crippen molar-refractivity contribution >= 4 is 29.5 Å². The zero-order valence-electron chi connectivity index (χ0n) is 9.47. The number of carbonyl (C=O) groups is 3. The van der Waals surface area contributed by atoms with E-state index in [1.165, 1.54) is 0 Å². The number of hydrogen-bond donors (Lipinski definition) is 1. The van der Waals surface area contributed by atoms with Crippen molar-refractivity contribution in [2.75, 3.05) is 12.4 Å². The lowest BCUT2D eigenvalue weighted by Crippen LogP contribution is -2.47. The van der Waals surface area contributed by atoms with E-state index < -0.39 is 24.5 Å². The molecule has 2 saturated heterocycles. The lowest BCUT2D eigenvalue weighted by atomic mass is 10.2. The molecular formula is C10H14N2O4S. The second-order valence-corrected chi connectivity index (χ2v) is 5.84. The van der Waals surface area contributed by atoms with E-state index in [4.69, 9.17) is 10.5 Å². The molecular weight excluding hydrogens is 244 g/mol. The highest BCUT2D eigenvalue weighted by Gasteiger charge is 2.53. The number of primary amides is 1. The summed E-state index contributed by atoms with van der Waals surface area (Å²) in [6, 6.07) is -0.584. The second-order valence-electron chi connectivity index (χ2n) is 4.34. The van der Waals surface area contributed by atoms with Gasteiger partial charge in [0.05, 0.1) is 4.87 Å². The molecule has 2 atom stereocenters. The molecule has 0 aromatic carbocycles. The molecule has 0 spiro atoms. The number of nitrogens with zero attached hydrogens (tertiary/aromatic N) is 1. The standard InChI is InChI=1S/C10H14N2O4S/c1-10-3-2-8(14)12(10)6(5-17-10)9(15)16-4-7(11)13/h6H,2-5H2,1H3,(H2,11,13)/t6-,10+/m0/s1. The van der Waals surface area contributed by atoms with Crippen molar-refractivity contribution < 1.29 is 19.1 Å². The summed E-state index contributed by atoms with van der Waals surface area (Å²) in [6.07, 6.45) is 1.21. The largest absolute Gasteiger partial charge is 0.454 e. The molecule has 2 aliphatic rings. The third-order valence-corrected chi connectivity index (χ3v) is 4.58. The quantitative estimate of drug-likeness (QED) is 0.687. The Morgan fingerprint density at radius 1 is 1.65 bits per heavy atom. The minimum atomic E-state index is -0.695. The average Bonchev–Trinajstić information content (AvgIpc) is 2.73. The fourth-order valence-electron chi connectivity index (χ4n) is 2.23. The van der Waals surface area contributed by atoms with E-state index in [1.807, 2.05) is 6.92 Å². The SMILES string of the molecule is C[C@@]12CCC(=O)N1[C@H](C(=O)OCC(N)=O)CS2. The predicted molar refractivity (Wildman–Crippen MR) is 60.9 cm³/mol. The van der Waals surface area contributed by atoms with Crippen molar-refractivity contribution in [3.8, 4) is 0 Å². The molecule has 6 nitrogen and oxygen atoms in total. The summed E-state index contributed by atoms with van der Waals surface area (Å²) in [5.74, 6) is -0.756. The molecule has 2 heterocycles. The Kier molecular flexibility index (Phi) is 3.03. The first kappa shape index (κ1) is 12.2. The minimum Gasteiger partial charge on any atom is -0.454 e. The van der Waals surface area contributed by atoms with Crippen LogP contribution in [0.25, 0.3) is 0 Å². The van der Waals surface area contributed by atoms with E-state index in [1.54, 1.807) is 16.7 Å². The second kappa shape index (κ2) is 4.21. The molecule has 0 aliphatic carbocycles. The number of hydrogen-bond acceptors (Lipinski definition) is 5. The number of esters is 1. The molecule has 0 unspecified atom stereocenters. The van der Waals surface area contributed by atoms with Gasteiger partial charge in [-0.05, 0) is 13.3 Å². The molecule has 7 heteroatoms. The number of nitrogens with two attached hydrogens (primary N) is 1. The Bertz CT molecular complexity index is 387. The van der Waals surface area contributed by atoms with Crippen LogP contribution in [0.15, 0.2) is 0 Å². The van der Waals surface area contributed by atoms with Gasteiger partial charge in [0.1, 0.15) is 6.04 Å². The summed E-state index contributed by atoms with van der Waals surface area (Å²) in [7, 11) is 0. The fourth-order valence-corrected chi connectivity index (χ4v) is 3.65. The van der Waals surface area contributed by atoms with Crippen molar-refractivity contribution in [2.45, 2.75) is 30.7 Å². The van der Waals surface area contributed by atoms with E-state index in [9.17, 15) is 14.4 Å². The van der Waals surface area contributed by atoms with Gasteiger partial charge in [-0.15, -0.1) is 11.8 Å². The lowest BCUT2D eigenvalue weighted by molar-refractivity contribution is -0.155. The normalized spacial score (nSPS) is 31.5. The smallest absolute Gasteiger partial charge is 0.330 e. The van der Waals surface area contributed by atoms with Crippen molar-refractivity contribution in [3.63, 3.8) is 0 Å². The third kappa shape index (κ3) is 2.11. The maximum Gasteiger partial charge on any atom is 0.330 e. The number of ether oxygens (including phenoxy) is 1. The van der Waals surface area contributed by atoms with Crippen LogP contribution < -0.4 is 5.73 Å². The molecule has 2 rings (SSSR count). The van der Waals surface area contributed by atoms with E-state index in [0.717, 1.165) is 6.42 Å². The van der Waals surface area contributed by atoms with Crippen LogP contribution in [0.3, 0.4) is 0 Å². The lowest BCUT2D eigenvalue weighted by Gasteiger charge is -2.29. The van der Waals surface area contributed by atoms with Crippen LogP contribution in [0.2, 0.25) is 0 Å². The van der Waals surface area contributed by atoms with Crippen LogP contribution >= 0.6 is 11.8 Å². The average molecular weight is 258 g/mol. The Morgan fingerprint density at radius 2 is 2.35 bits per heavy atom. The summed E-state index contributed by atoms with van der Waals surface area (Å²) in [5.41, 5.74) is 4.90. The van der Waals surface area contributed by atoms with Crippen molar-refractivity contribution in [1.29, 1.82) is 0 Å². The summed E-state index contributed by atoms with van der Waals surface area (Å²) in [6.45, 7) is 1.52. The van der Waals surface area contributed by atoms with Crippen LogP contribution in [0.5, 0.6) is 0 Å². The molecule has 2 aliphatic heterocycles. The van der Waals surface area contributed by atoms with Crippen LogP contribution in [-0.2, 0) is 19.1 Å². The summed E-state index contributed by atoms with van der Waals surface area (Å²) in [4.78, 5) is 35.3. The molecule has 0 saturated carbocycles. The molecule has 2 N–H and O–H groups in total. The first-order valence-corrected chi connectivity index (χ1v) is 6.34. The number of fused-ring (bicyclic) bond motifs is 1. The topological polar surface area (TPSA) is 89.7 Å². The zero-order valence-corrected chi connectivity index (χ0v) is 10.3. The van der Waals surface area contributed by atoms with Gasteiger partial charge in [-0.25, -0.2) is 4.79 Å². The molecule has 0 radical (unpaired) electrons. The van der Waals surface area contributed by atoms with Crippen LogP contribution in [0.4, 0.5) is 0 Å². The predicted octanol–water partition coefficient (Wildman–Crippen LogP) is -0.531. The fraction of sp³-hybridized carbons (Fsp3) is 0.700. The summed E-state index contributed by atoms with van der Waals surface area (Å²) < 4.78 is 4.77. The Labute approximate surface area is 103 Å². The highest BCUT2D eigenvalue weighted by molar-refractivity contribution is 8.01. The van der Waals surface area contributed by atoms with Gasteiger partial charge in [-0.1, -0.05) is 0 Å². The van der Waals surface area contributed by atoms with Crippen LogP contribution in [-0.4, -0.2) is 46.0 Å². The maximum atomic E-state index is 11.7. The van der Waals surface area contributed by atoms with E-state index in [2.05, 4.69) is 0 Å². The van der Waals surface area contributed by atoms with Gasteiger partial charge in [0.15, 0.2) is 6.61 Å². The zero-order chi connectivity index (χ0) is 12.6. The van der Waals surface area contributed by atoms with Gasteiger partial charge in [0.2, 0.25) is 5.91 Å². The van der Waals surface area contributed by atoms with Gasteiger partial charge in [-0.2, -0.15) is 0 Å². The summed E-state index contributed by atoms with van der Waals surface area (Å²) in [5, 5.41) is 0. The number of rotatable bonds is 3. The summed E-state index contributed by atoms with van der Waals surface area (Å²) >= 11 is 1.58. The van der Waals surface area contributed by atoms with E-state index >= 15 is 0 Å². The number of carbonyl (C=O) groups excluding carboxylic acids is 3. The number of amides is 2. The highest BCUT2D eigenvalue weighted by atomic mass is 32.2. The molecule has 94 valence electrons. The van der Waals surface area contributed by atoms with E-state index in [0.29, 0.717) is 12.2 Å². The Balaban J connectivity index is 2.05. The first-order valence-electron chi connectivity index (χ1n) is 5.35. The Morgan fingerprint density at radius 3 is 3.00 bits per heavy atom. The van der Waals surface area contributed by atoms with Gasteiger partial charge in [-0.3, -0.25) is 9.59 Å². The maximum absolute atomic E-state index is 11.7. The molecule has 0 aromatic heterocycles. The van der Waals surface area contributed by atoms with Crippen molar-refractivity contribution in [1.82, 2.24) is 4.90 Å². The Hall–Kier alpha value is -1.24. The van der Waals surface area contributed by atoms with Gasteiger partial charge in [0.25, 0.3) is 5.91 Å². The van der Waals surface area contributed by atoms with Gasteiger partial charge < -0.3 is 15.4 Å². The van der Waals surface area contributed by atoms with Crippen molar-refractivity contribution in [3.05, 3.63) is 0 Å². The first-order chi connectivity index (χ1) is 7.94.